The molecule has 0 aliphatic rings. The first-order valence-electron chi connectivity index (χ1n) is 7.53. The molecule has 2 N–H and O–H groups in total. The molecule has 0 bridgehead atoms. The van der Waals surface area contributed by atoms with Crippen LogP contribution in [0.15, 0.2) is 28.6 Å². The summed E-state index contributed by atoms with van der Waals surface area (Å²) in [6, 6.07) is 6.89. The fourth-order valence-electron chi connectivity index (χ4n) is 1.82. The molecule has 1 aromatic carbocycles. The third kappa shape index (κ3) is 7.41. The molecule has 0 atom stereocenters. The van der Waals surface area contributed by atoms with Crippen LogP contribution < -0.4 is 10.6 Å². The third-order valence-electron chi connectivity index (χ3n) is 2.80. The molecule has 0 aliphatic heterocycles. The van der Waals surface area contributed by atoms with Crippen molar-refractivity contribution in [2.45, 2.75) is 31.5 Å². The first-order valence-corrected chi connectivity index (χ1v) is 9.71. The Kier molecular flexibility index (Phi) is 6.80. The fraction of sp³-hybridized carbons (Fsp3) is 0.375. The van der Waals surface area contributed by atoms with Crippen molar-refractivity contribution in [2.75, 3.05) is 16.4 Å². The smallest absolute Gasteiger partial charge is 0.234 e. The molecule has 2 amide bonds. The number of aromatic nitrogens is 2. The van der Waals surface area contributed by atoms with Crippen molar-refractivity contribution in [3.05, 3.63) is 29.3 Å². The van der Waals surface area contributed by atoms with Crippen LogP contribution in [-0.2, 0) is 9.59 Å². The van der Waals surface area contributed by atoms with Gasteiger partial charge in [-0.15, -0.1) is 10.2 Å². The summed E-state index contributed by atoms with van der Waals surface area (Å²) in [5.41, 5.74) is 0.592. The maximum atomic E-state index is 11.9. The zero-order valence-corrected chi connectivity index (χ0v) is 16.5. The quantitative estimate of drug-likeness (QED) is 0.559. The number of rotatable bonds is 6. The lowest BCUT2D eigenvalue weighted by Crippen LogP contribution is -2.19. The van der Waals surface area contributed by atoms with Crippen molar-refractivity contribution < 1.29 is 9.59 Å². The highest BCUT2D eigenvalue weighted by Gasteiger charge is 2.17. The van der Waals surface area contributed by atoms with E-state index in [9.17, 15) is 9.59 Å². The number of carbonyl (C=O) groups is 2. The summed E-state index contributed by atoms with van der Waals surface area (Å²) in [7, 11) is 0. The van der Waals surface area contributed by atoms with E-state index in [-0.39, 0.29) is 23.0 Å². The van der Waals surface area contributed by atoms with E-state index in [1.807, 2.05) is 20.8 Å². The minimum Gasteiger partial charge on any atom is -0.325 e. The van der Waals surface area contributed by atoms with Crippen LogP contribution in [0.25, 0.3) is 0 Å². The Labute approximate surface area is 159 Å². The molecule has 134 valence electrons. The summed E-state index contributed by atoms with van der Waals surface area (Å²) in [6.45, 7) is 5.98. The van der Waals surface area contributed by atoms with E-state index in [0.717, 1.165) is 0 Å². The lowest BCUT2D eigenvalue weighted by atomic mass is 9.92. The highest BCUT2D eigenvalue weighted by Crippen LogP contribution is 2.26. The number of carbonyl (C=O) groups excluding carboxylic acids is 2. The molecule has 2 rings (SSSR count). The van der Waals surface area contributed by atoms with Gasteiger partial charge in [0.15, 0.2) is 4.34 Å². The van der Waals surface area contributed by atoms with Crippen LogP contribution in [0.1, 0.15) is 27.2 Å². The SMILES string of the molecule is CC(C)(C)CC(=O)Nc1nnc(SCC(=O)Nc2ccc(Cl)cc2)s1. The van der Waals surface area contributed by atoms with Gasteiger partial charge in [-0.05, 0) is 29.7 Å². The van der Waals surface area contributed by atoms with Gasteiger partial charge in [-0.25, -0.2) is 0 Å². The van der Waals surface area contributed by atoms with Crippen LogP contribution in [0.4, 0.5) is 10.8 Å². The van der Waals surface area contributed by atoms with E-state index in [1.54, 1.807) is 24.3 Å². The Morgan fingerprint density at radius 3 is 2.44 bits per heavy atom. The normalized spacial score (nSPS) is 11.2. The summed E-state index contributed by atoms with van der Waals surface area (Å²) in [5, 5.41) is 14.5. The van der Waals surface area contributed by atoms with Crippen LogP contribution in [0.3, 0.4) is 0 Å². The molecular weight excluding hydrogens is 380 g/mol. The lowest BCUT2D eigenvalue weighted by Gasteiger charge is -2.16. The molecule has 9 heteroatoms. The molecule has 0 unspecified atom stereocenters. The molecule has 25 heavy (non-hydrogen) atoms. The second-order valence-electron chi connectivity index (χ2n) is 6.50. The predicted octanol–water partition coefficient (Wildman–Crippen LogP) is 4.30. The summed E-state index contributed by atoms with van der Waals surface area (Å²) in [6.07, 6.45) is 0.401. The number of anilines is 2. The summed E-state index contributed by atoms with van der Waals surface area (Å²) < 4.78 is 0.623. The van der Waals surface area contributed by atoms with Crippen molar-refractivity contribution >= 4 is 57.3 Å². The molecular formula is C16H19ClN4O2S2. The van der Waals surface area contributed by atoms with Crippen molar-refractivity contribution in [3.63, 3.8) is 0 Å². The number of amides is 2. The van der Waals surface area contributed by atoms with Crippen LogP contribution in [0.2, 0.25) is 5.02 Å². The van der Waals surface area contributed by atoms with Gasteiger partial charge >= 0.3 is 0 Å². The van der Waals surface area contributed by atoms with Crippen LogP contribution in [-0.4, -0.2) is 27.8 Å². The van der Waals surface area contributed by atoms with Crippen molar-refractivity contribution in [2.24, 2.45) is 5.41 Å². The Balaban J connectivity index is 1.79. The largest absolute Gasteiger partial charge is 0.325 e. The monoisotopic (exact) mass is 398 g/mol. The number of benzene rings is 1. The zero-order valence-electron chi connectivity index (χ0n) is 14.1. The topological polar surface area (TPSA) is 84.0 Å². The van der Waals surface area contributed by atoms with Gasteiger partial charge in [-0.3, -0.25) is 9.59 Å². The van der Waals surface area contributed by atoms with Crippen LogP contribution >= 0.6 is 34.7 Å². The van der Waals surface area contributed by atoms with Crippen LogP contribution in [0, 0.1) is 5.41 Å². The standard InChI is InChI=1S/C16H19ClN4O2S2/c1-16(2,3)8-12(22)19-14-20-21-15(25-14)24-9-13(23)18-11-6-4-10(17)5-7-11/h4-7H,8-9H2,1-3H3,(H,18,23)(H,19,20,22). The Morgan fingerprint density at radius 1 is 1.12 bits per heavy atom. The molecule has 2 aromatic rings. The van der Waals surface area contributed by atoms with Crippen molar-refractivity contribution in [3.8, 4) is 0 Å². The van der Waals surface area contributed by atoms with E-state index in [0.29, 0.717) is 26.6 Å². The Bertz CT molecular complexity index is 741. The summed E-state index contributed by atoms with van der Waals surface area (Å²) in [4.78, 5) is 23.8. The molecule has 6 nitrogen and oxygen atoms in total. The molecule has 0 saturated heterocycles. The number of thioether (sulfide) groups is 1. The summed E-state index contributed by atoms with van der Waals surface area (Å²) in [5.74, 6) is -0.0470. The van der Waals surface area contributed by atoms with E-state index in [1.165, 1.54) is 23.1 Å². The average molecular weight is 399 g/mol. The lowest BCUT2D eigenvalue weighted by molar-refractivity contribution is -0.118. The molecule has 0 radical (unpaired) electrons. The number of halogens is 1. The molecule has 1 heterocycles. The van der Waals surface area contributed by atoms with Gasteiger partial charge in [0.2, 0.25) is 16.9 Å². The molecule has 0 spiro atoms. The summed E-state index contributed by atoms with van der Waals surface area (Å²) >= 11 is 8.32. The number of nitrogens with one attached hydrogen (secondary N) is 2. The van der Waals surface area contributed by atoms with Gasteiger partial charge in [0.05, 0.1) is 5.75 Å². The van der Waals surface area contributed by atoms with Gasteiger partial charge in [0.25, 0.3) is 0 Å². The Morgan fingerprint density at radius 2 is 1.80 bits per heavy atom. The number of hydrogen-bond donors (Lipinski definition) is 2. The minimum atomic E-state index is -0.152. The third-order valence-corrected chi connectivity index (χ3v) is 5.02. The highest BCUT2D eigenvalue weighted by atomic mass is 35.5. The first-order chi connectivity index (χ1) is 11.7. The van der Waals surface area contributed by atoms with Crippen LogP contribution in [0.5, 0.6) is 0 Å². The van der Waals surface area contributed by atoms with Gasteiger partial charge in [-0.2, -0.15) is 0 Å². The van der Waals surface area contributed by atoms with Crippen molar-refractivity contribution in [1.29, 1.82) is 0 Å². The van der Waals surface area contributed by atoms with E-state index in [2.05, 4.69) is 20.8 Å². The Hall–Kier alpha value is -1.64. The highest BCUT2D eigenvalue weighted by molar-refractivity contribution is 8.01. The van der Waals surface area contributed by atoms with Gasteiger partial charge in [-0.1, -0.05) is 55.5 Å². The zero-order chi connectivity index (χ0) is 18.4. The predicted molar refractivity (Wildman–Crippen MR) is 103 cm³/mol. The number of hydrogen-bond acceptors (Lipinski definition) is 6. The fourth-order valence-corrected chi connectivity index (χ4v) is 3.52. The second kappa shape index (κ2) is 8.64. The second-order valence-corrected chi connectivity index (χ2v) is 9.14. The molecule has 1 aromatic heterocycles. The van der Waals surface area contributed by atoms with E-state index < -0.39 is 0 Å². The molecule has 0 fully saturated rings. The average Bonchev–Trinajstić information content (AvgIpc) is 2.93. The molecule has 0 aliphatic carbocycles. The van der Waals surface area contributed by atoms with Gasteiger partial charge in [0, 0.05) is 17.1 Å². The molecule has 0 saturated carbocycles. The maximum Gasteiger partial charge on any atom is 0.234 e. The van der Waals surface area contributed by atoms with E-state index >= 15 is 0 Å². The minimum absolute atomic E-state index is 0.0912. The number of nitrogens with zero attached hydrogens (tertiary/aromatic N) is 2. The maximum absolute atomic E-state index is 11.9. The van der Waals surface area contributed by atoms with E-state index in [4.69, 9.17) is 11.6 Å². The van der Waals surface area contributed by atoms with Gasteiger partial charge < -0.3 is 10.6 Å². The van der Waals surface area contributed by atoms with Crippen molar-refractivity contribution in [1.82, 2.24) is 10.2 Å². The first kappa shape index (κ1) is 19.7. The van der Waals surface area contributed by atoms with Gasteiger partial charge in [0.1, 0.15) is 0 Å².